The predicted molar refractivity (Wildman–Crippen MR) is 53.9 cm³/mol. The van der Waals surface area contributed by atoms with Gasteiger partial charge in [-0.3, -0.25) is 9.59 Å². The third-order valence-electron chi connectivity index (χ3n) is 1.76. The fourth-order valence-corrected chi connectivity index (χ4v) is 1.10. The average Bonchev–Trinajstić information content (AvgIpc) is 2.13. The molecule has 0 aromatic carbocycles. The maximum absolute atomic E-state index is 11.2. The lowest BCUT2D eigenvalue weighted by atomic mass is 10.0. The van der Waals surface area contributed by atoms with Gasteiger partial charge in [0.25, 0.3) is 0 Å². The standard InChI is InChI=1S/C10H16N2O3/c1-7(2)5-8(6-11)12-9(13)3-4-10(14)15/h7-8H,3-5H2,1-2H3,(H,12,13)(H,14,15). The fraction of sp³-hybridized carbons (Fsp3) is 0.700. The van der Waals surface area contributed by atoms with Crippen LogP contribution in [-0.4, -0.2) is 23.0 Å². The third kappa shape index (κ3) is 7.50. The van der Waals surface area contributed by atoms with Gasteiger partial charge in [0, 0.05) is 6.42 Å². The van der Waals surface area contributed by atoms with Gasteiger partial charge in [-0.05, 0) is 12.3 Å². The zero-order valence-electron chi connectivity index (χ0n) is 8.99. The molecule has 1 amide bonds. The van der Waals surface area contributed by atoms with Gasteiger partial charge >= 0.3 is 5.97 Å². The van der Waals surface area contributed by atoms with Gasteiger partial charge in [-0.1, -0.05) is 13.8 Å². The molecular formula is C10H16N2O3. The summed E-state index contributed by atoms with van der Waals surface area (Å²) >= 11 is 0. The second-order valence-corrected chi connectivity index (χ2v) is 3.77. The minimum Gasteiger partial charge on any atom is -0.481 e. The number of carboxylic acid groups (broad SMARTS) is 1. The van der Waals surface area contributed by atoms with Crippen LogP contribution in [0.5, 0.6) is 0 Å². The Morgan fingerprint density at radius 1 is 1.40 bits per heavy atom. The highest BCUT2D eigenvalue weighted by Gasteiger charge is 2.13. The van der Waals surface area contributed by atoms with Crippen LogP contribution in [0, 0.1) is 17.2 Å². The van der Waals surface area contributed by atoms with Crippen molar-refractivity contribution in [2.24, 2.45) is 5.92 Å². The summed E-state index contributed by atoms with van der Waals surface area (Å²) in [5.41, 5.74) is 0. The van der Waals surface area contributed by atoms with E-state index in [0.29, 0.717) is 12.3 Å². The summed E-state index contributed by atoms with van der Waals surface area (Å²) in [6.45, 7) is 3.90. The number of nitrogens with zero attached hydrogens (tertiary/aromatic N) is 1. The Bertz CT molecular complexity index is 268. The van der Waals surface area contributed by atoms with Crippen molar-refractivity contribution < 1.29 is 14.7 Å². The van der Waals surface area contributed by atoms with Crippen molar-refractivity contribution in [3.8, 4) is 6.07 Å². The molecule has 1 unspecified atom stereocenters. The molecule has 84 valence electrons. The molecule has 0 spiro atoms. The number of hydrogen-bond donors (Lipinski definition) is 2. The first-order valence-corrected chi connectivity index (χ1v) is 4.86. The summed E-state index contributed by atoms with van der Waals surface area (Å²) < 4.78 is 0. The van der Waals surface area contributed by atoms with Crippen LogP contribution >= 0.6 is 0 Å². The number of hydrogen-bond acceptors (Lipinski definition) is 3. The number of carboxylic acids is 1. The molecule has 0 aromatic rings. The molecule has 0 radical (unpaired) electrons. The molecule has 15 heavy (non-hydrogen) atoms. The van der Waals surface area contributed by atoms with Crippen LogP contribution < -0.4 is 5.32 Å². The fourth-order valence-electron chi connectivity index (χ4n) is 1.10. The van der Waals surface area contributed by atoms with Gasteiger partial charge in [-0.25, -0.2) is 0 Å². The van der Waals surface area contributed by atoms with Gasteiger partial charge in [0.2, 0.25) is 5.91 Å². The van der Waals surface area contributed by atoms with E-state index in [0.717, 1.165) is 0 Å². The highest BCUT2D eigenvalue weighted by atomic mass is 16.4. The predicted octanol–water partition coefficient (Wildman–Crippen LogP) is 0.906. The second-order valence-electron chi connectivity index (χ2n) is 3.77. The van der Waals surface area contributed by atoms with E-state index in [1.807, 2.05) is 19.9 Å². The summed E-state index contributed by atoms with van der Waals surface area (Å²) in [7, 11) is 0. The summed E-state index contributed by atoms with van der Waals surface area (Å²) in [6.07, 6.45) is 0.298. The monoisotopic (exact) mass is 212 g/mol. The molecule has 0 heterocycles. The highest BCUT2D eigenvalue weighted by molar-refractivity contribution is 5.80. The normalized spacial score (nSPS) is 11.9. The topological polar surface area (TPSA) is 90.2 Å². The van der Waals surface area contributed by atoms with Crippen molar-refractivity contribution in [1.82, 2.24) is 5.32 Å². The molecule has 0 fully saturated rings. The molecule has 5 heteroatoms. The lowest BCUT2D eigenvalue weighted by Crippen LogP contribution is -2.34. The SMILES string of the molecule is CC(C)CC(C#N)NC(=O)CCC(=O)O. The van der Waals surface area contributed by atoms with Crippen LogP contribution in [0.3, 0.4) is 0 Å². The van der Waals surface area contributed by atoms with E-state index < -0.39 is 12.0 Å². The number of rotatable bonds is 6. The third-order valence-corrected chi connectivity index (χ3v) is 1.76. The van der Waals surface area contributed by atoms with Gasteiger partial charge in [-0.2, -0.15) is 5.26 Å². The van der Waals surface area contributed by atoms with Gasteiger partial charge in [0.05, 0.1) is 12.5 Å². The maximum atomic E-state index is 11.2. The first-order chi connectivity index (χ1) is 6.95. The molecule has 5 nitrogen and oxygen atoms in total. The molecule has 0 aliphatic rings. The number of nitriles is 1. The van der Waals surface area contributed by atoms with Crippen molar-refractivity contribution in [2.45, 2.75) is 39.2 Å². The summed E-state index contributed by atoms with van der Waals surface area (Å²) in [5.74, 6) is -1.08. The van der Waals surface area contributed by atoms with Crippen LogP contribution in [0.25, 0.3) is 0 Å². The quantitative estimate of drug-likeness (QED) is 0.684. The number of carbonyl (C=O) groups excluding carboxylic acids is 1. The van der Waals surface area contributed by atoms with E-state index >= 15 is 0 Å². The molecule has 1 atom stereocenters. The van der Waals surface area contributed by atoms with Crippen LogP contribution in [-0.2, 0) is 9.59 Å². The van der Waals surface area contributed by atoms with E-state index in [1.54, 1.807) is 0 Å². The van der Waals surface area contributed by atoms with E-state index in [1.165, 1.54) is 0 Å². The van der Waals surface area contributed by atoms with Crippen LogP contribution in [0.4, 0.5) is 0 Å². The Kier molecular flexibility index (Phi) is 6.11. The summed E-state index contributed by atoms with van der Waals surface area (Å²) in [5, 5.41) is 19.6. The summed E-state index contributed by atoms with van der Waals surface area (Å²) in [4.78, 5) is 21.4. The number of carbonyl (C=O) groups is 2. The Morgan fingerprint density at radius 3 is 2.40 bits per heavy atom. The Hall–Kier alpha value is -1.57. The van der Waals surface area contributed by atoms with Crippen molar-refractivity contribution in [3.05, 3.63) is 0 Å². The molecule has 0 aliphatic carbocycles. The molecule has 0 saturated heterocycles. The molecule has 0 aliphatic heterocycles. The smallest absolute Gasteiger partial charge is 0.303 e. The van der Waals surface area contributed by atoms with E-state index in [2.05, 4.69) is 5.32 Å². The molecular weight excluding hydrogens is 196 g/mol. The largest absolute Gasteiger partial charge is 0.481 e. The van der Waals surface area contributed by atoms with Crippen LogP contribution in [0.2, 0.25) is 0 Å². The number of amides is 1. The molecule has 0 aromatic heterocycles. The Labute approximate surface area is 89.1 Å². The van der Waals surface area contributed by atoms with Crippen molar-refractivity contribution >= 4 is 11.9 Å². The van der Waals surface area contributed by atoms with E-state index in [4.69, 9.17) is 10.4 Å². The van der Waals surface area contributed by atoms with E-state index in [9.17, 15) is 9.59 Å². The lowest BCUT2D eigenvalue weighted by Gasteiger charge is -2.12. The van der Waals surface area contributed by atoms with Crippen molar-refractivity contribution in [1.29, 1.82) is 5.26 Å². The Balaban J connectivity index is 3.92. The highest BCUT2D eigenvalue weighted by Crippen LogP contribution is 2.04. The van der Waals surface area contributed by atoms with E-state index in [-0.39, 0.29) is 18.7 Å². The first-order valence-electron chi connectivity index (χ1n) is 4.86. The zero-order chi connectivity index (χ0) is 11.8. The summed E-state index contributed by atoms with van der Waals surface area (Å²) in [6, 6.07) is 1.45. The molecule has 0 saturated carbocycles. The minimum absolute atomic E-state index is 0.0778. The Morgan fingerprint density at radius 2 is 2.00 bits per heavy atom. The number of nitrogens with one attached hydrogen (secondary N) is 1. The van der Waals surface area contributed by atoms with Crippen LogP contribution in [0.1, 0.15) is 33.1 Å². The van der Waals surface area contributed by atoms with Crippen LogP contribution in [0.15, 0.2) is 0 Å². The van der Waals surface area contributed by atoms with Gasteiger partial charge in [0.15, 0.2) is 0 Å². The first kappa shape index (κ1) is 13.4. The van der Waals surface area contributed by atoms with Crippen molar-refractivity contribution in [2.75, 3.05) is 0 Å². The molecule has 0 bridgehead atoms. The van der Waals surface area contributed by atoms with Gasteiger partial charge in [0.1, 0.15) is 6.04 Å². The second kappa shape index (κ2) is 6.82. The van der Waals surface area contributed by atoms with Gasteiger partial charge in [-0.15, -0.1) is 0 Å². The van der Waals surface area contributed by atoms with Gasteiger partial charge < -0.3 is 10.4 Å². The molecule has 2 N–H and O–H groups in total. The maximum Gasteiger partial charge on any atom is 0.303 e. The zero-order valence-corrected chi connectivity index (χ0v) is 8.99. The average molecular weight is 212 g/mol. The lowest BCUT2D eigenvalue weighted by molar-refractivity contribution is -0.138. The number of aliphatic carboxylic acids is 1. The minimum atomic E-state index is -1.01. The molecule has 0 rings (SSSR count). The van der Waals surface area contributed by atoms with Crippen molar-refractivity contribution in [3.63, 3.8) is 0 Å².